The van der Waals surface area contributed by atoms with E-state index in [1.807, 2.05) is 0 Å². The summed E-state index contributed by atoms with van der Waals surface area (Å²) < 4.78 is 66.4. The summed E-state index contributed by atoms with van der Waals surface area (Å²) in [5.74, 6) is -1.21. The van der Waals surface area contributed by atoms with Gasteiger partial charge in [-0.1, -0.05) is 30.3 Å². The average molecular weight is 532 g/mol. The van der Waals surface area contributed by atoms with Crippen LogP contribution in [0.15, 0.2) is 83.8 Å². The van der Waals surface area contributed by atoms with Crippen LogP contribution in [0.1, 0.15) is 28.8 Å². The molecule has 11 heteroatoms. The van der Waals surface area contributed by atoms with Gasteiger partial charge in [0.25, 0.3) is 5.91 Å². The van der Waals surface area contributed by atoms with E-state index in [1.54, 1.807) is 30.3 Å². The second-order valence-electron chi connectivity index (χ2n) is 8.68. The molecule has 37 heavy (non-hydrogen) atoms. The highest BCUT2D eigenvalue weighted by Gasteiger charge is 2.34. The van der Waals surface area contributed by atoms with Gasteiger partial charge >= 0.3 is 6.18 Å². The minimum Gasteiger partial charge on any atom is -0.326 e. The van der Waals surface area contributed by atoms with E-state index in [-0.39, 0.29) is 34.5 Å². The minimum atomic E-state index is -4.59. The first-order valence-electron chi connectivity index (χ1n) is 11.4. The molecule has 0 aromatic heterocycles. The van der Waals surface area contributed by atoms with E-state index in [4.69, 9.17) is 0 Å². The number of halogens is 3. The molecule has 0 aliphatic heterocycles. The van der Waals surface area contributed by atoms with E-state index in [9.17, 15) is 31.2 Å². The molecule has 1 aliphatic rings. The number of hydrogen-bond donors (Lipinski definition) is 2. The number of para-hydroxylation sites is 1. The van der Waals surface area contributed by atoms with E-state index < -0.39 is 28.7 Å². The van der Waals surface area contributed by atoms with Crippen molar-refractivity contribution in [1.82, 2.24) is 4.72 Å². The summed E-state index contributed by atoms with van der Waals surface area (Å²) in [6, 6.07) is 19.1. The van der Waals surface area contributed by atoms with Crippen LogP contribution < -0.4 is 14.9 Å². The van der Waals surface area contributed by atoms with Gasteiger partial charge in [0.05, 0.1) is 11.3 Å². The lowest BCUT2D eigenvalue weighted by Gasteiger charge is -2.24. The van der Waals surface area contributed by atoms with Gasteiger partial charge in [0.2, 0.25) is 15.9 Å². The molecular formula is C26H24F3N3O4S. The zero-order chi connectivity index (χ0) is 26.6. The Balaban J connectivity index is 1.38. The molecule has 0 spiro atoms. The summed E-state index contributed by atoms with van der Waals surface area (Å²) in [5.41, 5.74) is 1.10. The van der Waals surface area contributed by atoms with E-state index in [1.165, 1.54) is 48.5 Å². The molecule has 2 amide bonds. The highest BCUT2D eigenvalue weighted by molar-refractivity contribution is 7.89. The van der Waals surface area contributed by atoms with Crippen LogP contribution in [0, 0.1) is 0 Å². The van der Waals surface area contributed by atoms with Crippen molar-refractivity contribution in [2.75, 3.05) is 16.8 Å². The van der Waals surface area contributed by atoms with Gasteiger partial charge in [0.1, 0.15) is 6.54 Å². The molecule has 4 rings (SSSR count). The van der Waals surface area contributed by atoms with Crippen molar-refractivity contribution in [3.05, 3.63) is 90.0 Å². The maximum Gasteiger partial charge on any atom is 0.406 e. The molecule has 7 nitrogen and oxygen atoms in total. The smallest absolute Gasteiger partial charge is 0.326 e. The second-order valence-corrected chi connectivity index (χ2v) is 10.4. The van der Waals surface area contributed by atoms with Crippen LogP contribution in [0.5, 0.6) is 0 Å². The van der Waals surface area contributed by atoms with Crippen molar-refractivity contribution in [1.29, 1.82) is 0 Å². The molecule has 1 aliphatic carbocycles. The molecule has 0 saturated heterocycles. The first kappa shape index (κ1) is 26.4. The molecule has 0 radical (unpaired) electrons. The Hall–Kier alpha value is -3.70. The van der Waals surface area contributed by atoms with Crippen LogP contribution in [0.3, 0.4) is 0 Å². The zero-order valence-electron chi connectivity index (χ0n) is 19.5. The van der Waals surface area contributed by atoms with Gasteiger partial charge in [-0.2, -0.15) is 13.2 Å². The molecule has 0 atom stereocenters. The molecule has 1 saturated carbocycles. The number of benzene rings is 3. The predicted octanol–water partition coefficient (Wildman–Crippen LogP) is 4.52. The summed E-state index contributed by atoms with van der Waals surface area (Å²) in [4.78, 5) is 26.1. The number of hydrogen-bond acceptors (Lipinski definition) is 4. The fourth-order valence-electron chi connectivity index (χ4n) is 3.59. The molecule has 0 heterocycles. The number of anilines is 2. The highest BCUT2D eigenvalue weighted by atomic mass is 32.2. The van der Waals surface area contributed by atoms with Crippen molar-refractivity contribution in [2.24, 2.45) is 0 Å². The first-order valence-corrected chi connectivity index (χ1v) is 12.9. The number of sulfonamides is 1. The topological polar surface area (TPSA) is 95.6 Å². The fraction of sp³-hybridized carbons (Fsp3) is 0.231. The SMILES string of the molecule is O=C(Cc1ccc(S(=O)(=O)NC2CC2)cc1)Nc1ccc(C(=O)N(CC(F)(F)F)c2ccccc2)cc1. The lowest BCUT2D eigenvalue weighted by atomic mass is 10.1. The normalized spacial score (nSPS) is 13.7. The van der Waals surface area contributed by atoms with Crippen LogP contribution in [0.2, 0.25) is 0 Å². The Bertz CT molecular complexity index is 1360. The molecule has 0 bridgehead atoms. The van der Waals surface area contributed by atoms with Crippen molar-refractivity contribution in [2.45, 2.75) is 36.4 Å². The molecular weight excluding hydrogens is 507 g/mol. The van der Waals surface area contributed by atoms with Crippen molar-refractivity contribution in [3.8, 4) is 0 Å². The number of nitrogens with zero attached hydrogens (tertiary/aromatic N) is 1. The van der Waals surface area contributed by atoms with Crippen molar-refractivity contribution >= 4 is 33.2 Å². The zero-order valence-corrected chi connectivity index (χ0v) is 20.4. The highest BCUT2D eigenvalue weighted by Crippen LogP contribution is 2.25. The van der Waals surface area contributed by atoms with Gasteiger partial charge in [-0.3, -0.25) is 14.5 Å². The molecule has 3 aromatic rings. The lowest BCUT2D eigenvalue weighted by molar-refractivity contribution is -0.118. The van der Waals surface area contributed by atoms with Crippen LogP contribution >= 0.6 is 0 Å². The Morgan fingerprint density at radius 1 is 0.892 bits per heavy atom. The third kappa shape index (κ3) is 7.40. The first-order chi connectivity index (χ1) is 17.5. The Kier molecular flexibility index (Phi) is 7.65. The third-order valence-corrected chi connectivity index (χ3v) is 7.10. The van der Waals surface area contributed by atoms with Gasteiger partial charge in [-0.25, -0.2) is 13.1 Å². The maximum atomic E-state index is 13.1. The summed E-state index contributed by atoms with van der Waals surface area (Å²) in [5, 5.41) is 2.66. The molecule has 0 unspecified atom stereocenters. The van der Waals surface area contributed by atoms with E-state index in [0.717, 1.165) is 12.8 Å². The molecule has 3 aromatic carbocycles. The monoisotopic (exact) mass is 531 g/mol. The van der Waals surface area contributed by atoms with E-state index in [0.29, 0.717) is 16.2 Å². The van der Waals surface area contributed by atoms with Crippen LogP contribution in [0.25, 0.3) is 0 Å². The van der Waals surface area contributed by atoms with Gasteiger partial charge in [0.15, 0.2) is 0 Å². The van der Waals surface area contributed by atoms with Gasteiger partial charge in [-0.05, 0) is 66.9 Å². The number of alkyl halides is 3. The van der Waals surface area contributed by atoms with Crippen molar-refractivity contribution in [3.63, 3.8) is 0 Å². The minimum absolute atomic E-state index is 0.0109. The van der Waals surface area contributed by atoms with Crippen LogP contribution in [-0.4, -0.2) is 39.0 Å². The molecule has 1 fully saturated rings. The van der Waals surface area contributed by atoms with Crippen LogP contribution in [0.4, 0.5) is 24.5 Å². The largest absolute Gasteiger partial charge is 0.406 e. The number of rotatable bonds is 9. The quantitative estimate of drug-likeness (QED) is 0.425. The summed E-state index contributed by atoms with van der Waals surface area (Å²) in [7, 11) is -3.58. The molecule has 194 valence electrons. The number of amides is 2. The Morgan fingerprint density at radius 2 is 1.51 bits per heavy atom. The van der Waals surface area contributed by atoms with Crippen molar-refractivity contribution < 1.29 is 31.2 Å². The van der Waals surface area contributed by atoms with Crippen LogP contribution in [-0.2, 0) is 21.2 Å². The third-order valence-electron chi connectivity index (χ3n) is 5.56. The standard InChI is InChI=1S/C26H24F3N3O4S/c27-26(28,29)17-32(22-4-2-1-3-5-22)25(34)19-8-10-20(11-9-19)30-24(33)16-18-6-14-23(15-7-18)37(35,36)31-21-12-13-21/h1-11,14-15,21,31H,12-13,16-17H2,(H,30,33). The summed E-state index contributed by atoms with van der Waals surface area (Å²) in [6.07, 6.45) is -2.96. The van der Waals surface area contributed by atoms with Gasteiger partial charge < -0.3 is 5.32 Å². The Morgan fingerprint density at radius 3 is 2.08 bits per heavy atom. The number of nitrogens with one attached hydrogen (secondary N) is 2. The molecule has 2 N–H and O–H groups in total. The fourth-order valence-corrected chi connectivity index (χ4v) is 4.89. The summed E-state index contributed by atoms with van der Waals surface area (Å²) >= 11 is 0. The maximum absolute atomic E-state index is 13.1. The number of carbonyl (C=O) groups is 2. The lowest BCUT2D eigenvalue weighted by Crippen LogP contribution is -2.39. The van der Waals surface area contributed by atoms with Gasteiger partial charge in [-0.15, -0.1) is 0 Å². The van der Waals surface area contributed by atoms with E-state index in [2.05, 4.69) is 10.0 Å². The summed E-state index contributed by atoms with van der Waals surface area (Å²) in [6.45, 7) is -1.44. The second kappa shape index (κ2) is 10.7. The average Bonchev–Trinajstić information content (AvgIpc) is 3.66. The predicted molar refractivity (Wildman–Crippen MR) is 133 cm³/mol. The number of carbonyl (C=O) groups excluding carboxylic acids is 2. The van der Waals surface area contributed by atoms with Gasteiger partial charge in [0, 0.05) is 23.0 Å². The van der Waals surface area contributed by atoms with E-state index >= 15 is 0 Å². The Labute approximate surface area is 212 Å².